The van der Waals surface area contributed by atoms with Gasteiger partial charge in [0, 0.05) is 55.7 Å². The van der Waals surface area contributed by atoms with Gasteiger partial charge in [-0.3, -0.25) is 0 Å². The molecule has 0 unspecified atom stereocenters. The van der Waals surface area contributed by atoms with Gasteiger partial charge in [-0.1, -0.05) is 146 Å². The van der Waals surface area contributed by atoms with Crippen LogP contribution in [0.25, 0.3) is 88.0 Å². The van der Waals surface area contributed by atoms with E-state index in [-0.39, 0.29) is 0 Å². The summed E-state index contributed by atoms with van der Waals surface area (Å²) in [5.74, 6) is 0. The van der Waals surface area contributed by atoms with Crippen molar-refractivity contribution in [1.82, 2.24) is 9.13 Å². The molecule has 62 heavy (non-hydrogen) atoms. The molecule has 4 nitrogen and oxygen atoms in total. The summed E-state index contributed by atoms with van der Waals surface area (Å²) >= 11 is 0. The molecule has 292 valence electrons. The minimum Gasteiger partial charge on any atom is -0.355 e. The van der Waals surface area contributed by atoms with Gasteiger partial charge in [0.15, 0.2) is 0 Å². The molecule has 2 heterocycles. The highest BCUT2D eigenvalue weighted by Gasteiger charge is 2.20. The minimum absolute atomic E-state index is 1.04. The molecule has 2 N–H and O–H groups in total. The molecule has 0 spiro atoms. The molecule has 0 amide bonds. The first-order valence-electron chi connectivity index (χ1n) is 21.2. The third-order valence-corrected chi connectivity index (χ3v) is 12.2. The molecule has 12 aromatic rings. The fourth-order valence-corrected chi connectivity index (χ4v) is 9.39. The molecular formula is C58H40N4. The van der Waals surface area contributed by atoms with E-state index in [1.807, 2.05) is 0 Å². The van der Waals surface area contributed by atoms with Crippen LogP contribution in [0.3, 0.4) is 0 Å². The van der Waals surface area contributed by atoms with Gasteiger partial charge in [-0.25, -0.2) is 0 Å². The van der Waals surface area contributed by atoms with Crippen molar-refractivity contribution in [3.8, 4) is 33.6 Å². The number of nitrogens with one attached hydrogen (secondary N) is 2. The molecule has 0 saturated heterocycles. The van der Waals surface area contributed by atoms with Crippen LogP contribution in [-0.2, 0) is 0 Å². The Labute approximate surface area is 359 Å². The molecule has 0 bridgehead atoms. The zero-order valence-electron chi connectivity index (χ0n) is 33.8. The Hall–Kier alpha value is -8.34. The lowest BCUT2D eigenvalue weighted by atomic mass is 9.99. The molecule has 12 rings (SSSR count). The molecule has 4 heteroatoms. The van der Waals surface area contributed by atoms with Gasteiger partial charge in [-0.15, -0.1) is 0 Å². The van der Waals surface area contributed by atoms with Crippen LogP contribution in [0.5, 0.6) is 0 Å². The molecule has 0 aliphatic heterocycles. The van der Waals surface area contributed by atoms with E-state index in [4.69, 9.17) is 0 Å². The molecule has 0 fully saturated rings. The van der Waals surface area contributed by atoms with Crippen LogP contribution < -0.4 is 10.6 Å². The first kappa shape index (κ1) is 35.6. The summed E-state index contributed by atoms with van der Waals surface area (Å²) in [6.45, 7) is 0. The van der Waals surface area contributed by atoms with Crippen molar-refractivity contribution >= 4 is 77.1 Å². The van der Waals surface area contributed by atoms with E-state index in [1.54, 1.807) is 0 Å². The number of nitrogens with zero attached hydrogens (tertiary/aromatic N) is 2. The van der Waals surface area contributed by atoms with Crippen LogP contribution in [-0.4, -0.2) is 9.13 Å². The largest absolute Gasteiger partial charge is 0.355 e. The maximum atomic E-state index is 3.71. The van der Waals surface area contributed by atoms with E-state index in [9.17, 15) is 0 Å². The Morgan fingerprint density at radius 2 is 0.565 bits per heavy atom. The van der Waals surface area contributed by atoms with Crippen LogP contribution in [0, 0.1) is 0 Å². The second-order valence-corrected chi connectivity index (χ2v) is 16.0. The van der Waals surface area contributed by atoms with Crippen molar-refractivity contribution in [2.24, 2.45) is 0 Å². The van der Waals surface area contributed by atoms with Crippen molar-refractivity contribution in [3.63, 3.8) is 0 Å². The summed E-state index contributed by atoms with van der Waals surface area (Å²) in [4.78, 5) is 0. The maximum absolute atomic E-state index is 3.71. The first-order chi connectivity index (χ1) is 30.7. The van der Waals surface area contributed by atoms with E-state index < -0.39 is 0 Å². The monoisotopic (exact) mass is 792 g/mol. The standard InChI is InChI=1S/C58H40N4/c1-5-13-39(14-6-1)41-21-25-43(26-22-41)59-45-29-31-51-55(37-45)61(47-17-9-3-10-18-47)53-35-33-50-49(57(51)53)34-36-54-58(50)52-32-30-46(38-56(52)62(54)48-19-11-4-12-20-48)60-44-27-23-42(24-28-44)40-15-7-2-8-16-40/h1-38,59-60H. The number of rotatable bonds is 8. The molecule has 0 aliphatic carbocycles. The Morgan fingerprint density at radius 3 is 0.952 bits per heavy atom. The van der Waals surface area contributed by atoms with Crippen LogP contribution in [0.1, 0.15) is 0 Å². The summed E-state index contributed by atoms with van der Waals surface area (Å²) < 4.78 is 4.82. The van der Waals surface area contributed by atoms with E-state index in [1.165, 1.54) is 65.6 Å². The van der Waals surface area contributed by atoms with Crippen molar-refractivity contribution in [2.75, 3.05) is 10.6 Å². The van der Waals surface area contributed by atoms with Gasteiger partial charge >= 0.3 is 0 Å². The second-order valence-electron chi connectivity index (χ2n) is 16.0. The highest BCUT2D eigenvalue weighted by atomic mass is 15.0. The van der Waals surface area contributed by atoms with Crippen molar-refractivity contribution < 1.29 is 0 Å². The summed E-state index contributed by atoms with van der Waals surface area (Å²) in [5, 5.41) is 14.8. The van der Waals surface area contributed by atoms with Crippen LogP contribution in [0.15, 0.2) is 231 Å². The topological polar surface area (TPSA) is 33.9 Å². The molecule has 0 aliphatic rings. The van der Waals surface area contributed by atoms with Gasteiger partial charge in [0.1, 0.15) is 0 Å². The summed E-state index contributed by atoms with van der Waals surface area (Å²) in [6.07, 6.45) is 0. The number of benzene rings is 10. The number of anilines is 4. The minimum atomic E-state index is 1.04. The smallest absolute Gasteiger partial charge is 0.0561 e. The van der Waals surface area contributed by atoms with E-state index >= 15 is 0 Å². The van der Waals surface area contributed by atoms with E-state index in [0.29, 0.717) is 0 Å². The van der Waals surface area contributed by atoms with Crippen LogP contribution in [0.4, 0.5) is 22.7 Å². The Bertz CT molecular complexity index is 3330. The molecule has 2 aromatic heterocycles. The van der Waals surface area contributed by atoms with Gasteiger partial charge in [-0.2, -0.15) is 0 Å². The van der Waals surface area contributed by atoms with E-state index in [2.05, 4.69) is 250 Å². The second kappa shape index (κ2) is 14.7. The predicted octanol–water partition coefficient (Wildman–Crippen LogP) is 15.9. The number of fused-ring (bicyclic) bond motifs is 9. The van der Waals surface area contributed by atoms with Gasteiger partial charge in [-0.05, 0) is 118 Å². The average molecular weight is 793 g/mol. The SMILES string of the molecule is c1ccc(-c2ccc(Nc3ccc4c5c6ccc7c(c6ccc5n(-c5ccccc5)c4c3)c3ccc(Nc4ccc(-c5ccccc5)cc4)cc3n7-c3ccccc3)cc2)cc1. The van der Waals surface area contributed by atoms with Crippen LogP contribution in [0.2, 0.25) is 0 Å². The number of hydrogen-bond acceptors (Lipinski definition) is 2. The van der Waals surface area contributed by atoms with Gasteiger partial charge in [0.25, 0.3) is 0 Å². The van der Waals surface area contributed by atoms with Gasteiger partial charge < -0.3 is 19.8 Å². The fraction of sp³-hybridized carbons (Fsp3) is 0. The number of para-hydroxylation sites is 2. The van der Waals surface area contributed by atoms with Crippen LogP contribution >= 0.6 is 0 Å². The van der Waals surface area contributed by atoms with Gasteiger partial charge in [0.2, 0.25) is 0 Å². The highest BCUT2D eigenvalue weighted by molar-refractivity contribution is 6.30. The number of hydrogen-bond donors (Lipinski definition) is 2. The highest BCUT2D eigenvalue weighted by Crippen LogP contribution is 2.44. The normalized spacial score (nSPS) is 11.5. The lowest BCUT2D eigenvalue weighted by molar-refractivity contribution is 1.18. The average Bonchev–Trinajstić information content (AvgIpc) is 3.85. The molecular weight excluding hydrogens is 753 g/mol. The number of aromatic nitrogens is 2. The van der Waals surface area contributed by atoms with Gasteiger partial charge in [0.05, 0.1) is 22.1 Å². The molecule has 10 aromatic carbocycles. The lowest BCUT2D eigenvalue weighted by Crippen LogP contribution is -1.95. The van der Waals surface area contributed by atoms with E-state index in [0.717, 1.165) is 45.2 Å². The van der Waals surface area contributed by atoms with Crippen molar-refractivity contribution in [3.05, 3.63) is 231 Å². The predicted molar refractivity (Wildman–Crippen MR) is 263 cm³/mol. The molecule has 0 saturated carbocycles. The Kier molecular flexibility index (Phi) is 8.46. The lowest BCUT2D eigenvalue weighted by Gasteiger charge is -2.11. The Balaban J connectivity index is 1.00. The maximum Gasteiger partial charge on any atom is 0.0561 e. The summed E-state index contributed by atoms with van der Waals surface area (Å²) in [5.41, 5.74) is 15.9. The quantitative estimate of drug-likeness (QED) is 0.161. The third-order valence-electron chi connectivity index (χ3n) is 12.2. The van der Waals surface area contributed by atoms with Crippen molar-refractivity contribution in [2.45, 2.75) is 0 Å². The zero-order chi connectivity index (χ0) is 41.0. The Morgan fingerprint density at radius 1 is 0.242 bits per heavy atom. The first-order valence-corrected chi connectivity index (χ1v) is 21.2. The fourth-order valence-electron chi connectivity index (χ4n) is 9.39. The summed E-state index contributed by atoms with van der Waals surface area (Å²) in [6, 6.07) is 82.7. The van der Waals surface area contributed by atoms with Crippen molar-refractivity contribution in [1.29, 1.82) is 0 Å². The molecule has 0 atom stereocenters. The zero-order valence-corrected chi connectivity index (χ0v) is 33.8. The third kappa shape index (κ3) is 6.08. The summed E-state index contributed by atoms with van der Waals surface area (Å²) in [7, 11) is 0. The molecule has 0 radical (unpaired) electrons.